The zero-order valence-electron chi connectivity index (χ0n) is 9.21. The number of hydrogen-bond donors (Lipinski definition) is 1. The molecular formula is C12H16N2O. The molecule has 0 saturated heterocycles. The van der Waals surface area contributed by atoms with Crippen molar-refractivity contribution < 1.29 is 4.79 Å². The fraction of sp³-hybridized carbons (Fsp3) is 0.500. The van der Waals surface area contributed by atoms with E-state index in [-0.39, 0.29) is 5.41 Å². The quantitative estimate of drug-likeness (QED) is 0.761. The molecule has 1 aromatic heterocycles. The number of hydrogen-bond acceptors (Lipinski definition) is 3. The minimum absolute atomic E-state index is 0.0970. The first-order valence-electron chi connectivity index (χ1n) is 5.25. The van der Waals surface area contributed by atoms with Crippen LogP contribution >= 0.6 is 0 Å². The number of Topliss-reactive ketones (excluding diaryl/α,β-unsaturated/α-hetero) is 1. The largest absolute Gasteiger partial charge is 0.383 e. The fourth-order valence-electron chi connectivity index (χ4n) is 2.32. The number of anilines is 1. The topological polar surface area (TPSA) is 56.0 Å². The second-order valence-electron chi connectivity index (χ2n) is 4.72. The van der Waals surface area contributed by atoms with E-state index in [9.17, 15) is 4.79 Å². The van der Waals surface area contributed by atoms with Gasteiger partial charge in [0.25, 0.3) is 0 Å². The van der Waals surface area contributed by atoms with Gasteiger partial charge in [0.05, 0.1) is 0 Å². The summed E-state index contributed by atoms with van der Waals surface area (Å²) in [5.74, 6) is 0.899. The maximum Gasteiger partial charge on any atom is 0.133 e. The van der Waals surface area contributed by atoms with Gasteiger partial charge in [-0.25, -0.2) is 4.98 Å². The number of nitrogens with two attached hydrogens (primary N) is 1. The molecular weight excluding hydrogens is 188 g/mol. The van der Waals surface area contributed by atoms with Crippen LogP contribution in [0.5, 0.6) is 0 Å². The summed E-state index contributed by atoms with van der Waals surface area (Å²) in [4.78, 5) is 15.5. The Morgan fingerprint density at radius 3 is 2.87 bits per heavy atom. The zero-order valence-corrected chi connectivity index (χ0v) is 9.21. The van der Waals surface area contributed by atoms with Crippen molar-refractivity contribution in [3.63, 3.8) is 0 Å². The van der Waals surface area contributed by atoms with Crippen LogP contribution in [0.2, 0.25) is 0 Å². The summed E-state index contributed by atoms with van der Waals surface area (Å²) in [6.07, 6.45) is 3.92. The number of aryl methyl sites for hydroxylation is 1. The first-order chi connectivity index (χ1) is 7.01. The molecule has 2 rings (SSSR count). The van der Waals surface area contributed by atoms with Crippen molar-refractivity contribution in [2.24, 2.45) is 0 Å². The van der Waals surface area contributed by atoms with Crippen molar-refractivity contribution >= 4 is 11.6 Å². The lowest BCUT2D eigenvalue weighted by atomic mass is 9.81. The summed E-state index contributed by atoms with van der Waals surface area (Å²) >= 11 is 0. The molecule has 0 radical (unpaired) electrons. The molecule has 3 heteroatoms. The summed E-state index contributed by atoms with van der Waals surface area (Å²) < 4.78 is 0. The molecule has 1 heterocycles. The lowest BCUT2D eigenvalue weighted by Crippen LogP contribution is -2.20. The standard InChI is InChI=1S/C12H16N2O/c1-8-5-10(11(13)14-7-8)12(2)4-3-9(15)6-12/h5,7H,3-4,6H2,1-2H3,(H2,13,14). The Bertz CT molecular complexity index is 414. The van der Waals surface area contributed by atoms with Gasteiger partial charge in [0, 0.05) is 30.0 Å². The third-order valence-electron chi connectivity index (χ3n) is 3.25. The molecule has 1 fully saturated rings. The van der Waals surface area contributed by atoms with Crippen molar-refractivity contribution in [2.45, 2.75) is 38.5 Å². The Morgan fingerprint density at radius 1 is 1.53 bits per heavy atom. The predicted molar refractivity (Wildman–Crippen MR) is 59.6 cm³/mol. The second kappa shape index (κ2) is 3.33. The molecule has 1 saturated carbocycles. The molecule has 1 aliphatic rings. The van der Waals surface area contributed by atoms with Gasteiger partial charge >= 0.3 is 0 Å². The normalized spacial score (nSPS) is 25.9. The van der Waals surface area contributed by atoms with Crippen LogP contribution < -0.4 is 5.73 Å². The van der Waals surface area contributed by atoms with Crippen LogP contribution in [-0.2, 0) is 10.2 Å². The van der Waals surface area contributed by atoms with Crippen molar-refractivity contribution in [2.75, 3.05) is 5.73 Å². The maximum absolute atomic E-state index is 11.4. The van der Waals surface area contributed by atoms with Gasteiger partial charge in [0.1, 0.15) is 11.6 Å². The number of carbonyl (C=O) groups excluding carboxylic acids is 1. The minimum atomic E-state index is -0.0970. The smallest absolute Gasteiger partial charge is 0.133 e. The highest BCUT2D eigenvalue weighted by Crippen LogP contribution is 2.40. The lowest BCUT2D eigenvalue weighted by Gasteiger charge is -2.24. The molecule has 1 unspecified atom stereocenters. The van der Waals surface area contributed by atoms with Crippen LogP contribution in [0.3, 0.4) is 0 Å². The molecule has 80 valence electrons. The van der Waals surface area contributed by atoms with E-state index in [0.717, 1.165) is 17.5 Å². The number of carbonyl (C=O) groups is 1. The van der Waals surface area contributed by atoms with E-state index in [2.05, 4.69) is 18.0 Å². The zero-order chi connectivity index (χ0) is 11.1. The fourth-order valence-corrected chi connectivity index (χ4v) is 2.32. The second-order valence-corrected chi connectivity index (χ2v) is 4.72. The van der Waals surface area contributed by atoms with Gasteiger partial charge in [-0.05, 0) is 18.9 Å². The van der Waals surface area contributed by atoms with Crippen molar-refractivity contribution in [3.8, 4) is 0 Å². The van der Waals surface area contributed by atoms with Gasteiger partial charge in [0.2, 0.25) is 0 Å². The maximum atomic E-state index is 11.4. The van der Waals surface area contributed by atoms with Gasteiger partial charge in [-0.15, -0.1) is 0 Å². The van der Waals surface area contributed by atoms with Gasteiger partial charge in [-0.1, -0.05) is 13.0 Å². The van der Waals surface area contributed by atoms with Crippen molar-refractivity contribution in [1.29, 1.82) is 0 Å². The van der Waals surface area contributed by atoms with Crippen molar-refractivity contribution in [3.05, 3.63) is 23.4 Å². The summed E-state index contributed by atoms with van der Waals surface area (Å²) in [6.45, 7) is 4.10. The number of ketones is 1. The number of rotatable bonds is 1. The van der Waals surface area contributed by atoms with Gasteiger partial charge < -0.3 is 5.73 Å². The van der Waals surface area contributed by atoms with Gasteiger partial charge in [0.15, 0.2) is 0 Å². The van der Waals surface area contributed by atoms with E-state index in [1.54, 1.807) is 6.20 Å². The molecule has 2 N–H and O–H groups in total. The van der Waals surface area contributed by atoms with Crippen LogP contribution in [-0.4, -0.2) is 10.8 Å². The van der Waals surface area contributed by atoms with E-state index >= 15 is 0 Å². The summed E-state index contributed by atoms with van der Waals surface area (Å²) in [7, 11) is 0. The monoisotopic (exact) mass is 204 g/mol. The summed E-state index contributed by atoms with van der Waals surface area (Å²) in [5.41, 5.74) is 7.91. The Hall–Kier alpha value is -1.38. The van der Waals surface area contributed by atoms with Crippen molar-refractivity contribution in [1.82, 2.24) is 4.98 Å². The highest BCUT2D eigenvalue weighted by Gasteiger charge is 2.37. The Balaban J connectivity index is 2.44. The molecule has 1 aromatic rings. The third kappa shape index (κ3) is 1.74. The Kier molecular flexibility index (Phi) is 2.25. The molecule has 0 amide bonds. The number of pyridine rings is 1. The average molecular weight is 204 g/mol. The highest BCUT2D eigenvalue weighted by molar-refractivity contribution is 5.83. The molecule has 3 nitrogen and oxygen atoms in total. The number of nitrogen functional groups attached to an aromatic ring is 1. The molecule has 0 aromatic carbocycles. The van der Waals surface area contributed by atoms with E-state index in [1.165, 1.54) is 0 Å². The molecule has 0 aliphatic heterocycles. The van der Waals surface area contributed by atoms with E-state index in [1.807, 2.05) is 6.92 Å². The van der Waals surface area contributed by atoms with Gasteiger partial charge in [-0.2, -0.15) is 0 Å². The van der Waals surface area contributed by atoms with E-state index in [4.69, 9.17) is 5.73 Å². The van der Waals surface area contributed by atoms with Crippen LogP contribution in [0.25, 0.3) is 0 Å². The number of nitrogens with zero attached hydrogens (tertiary/aromatic N) is 1. The molecule has 1 atom stereocenters. The molecule has 1 aliphatic carbocycles. The molecule has 15 heavy (non-hydrogen) atoms. The predicted octanol–water partition coefficient (Wildman–Crippen LogP) is 1.98. The highest BCUT2D eigenvalue weighted by atomic mass is 16.1. The number of aromatic nitrogens is 1. The van der Waals surface area contributed by atoms with Gasteiger partial charge in [-0.3, -0.25) is 4.79 Å². The first kappa shape index (κ1) is 10.1. The average Bonchev–Trinajstić information content (AvgIpc) is 2.52. The SMILES string of the molecule is Cc1cnc(N)c(C2(C)CCC(=O)C2)c1. The Labute approximate surface area is 89.7 Å². The molecule has 0 spiro atoms. The van der Waals surface area contributed by atoms with Crippen LogP contribution in [0.1, 0.15) is 37.3 Å². The van der Waals surface area contributed by atoms with Crippen LogP contribution in [0.4, 0.5) is 5.82 Å². The summed E-state index contributed by atoms with van der Waals surface area (Å²) in [6, 6.07) is 2.06. The first-order valence-corrected chi connectivity index (χ1v) is 5.25. The van der Waals surface area contributed by atoms with E-state index in [0.29, 0.717) is 24.4 Å². The van der Waals surface area contributed by atoms with E-state index < -0.39 is 0 Å². The molecule has 0 bridgehead atoms. The Morgan fingerprint density at radius 2 is 2.27 bits per heavy atom. The minimum Gasteiger partial charge on any atom is -0.383 e. The lowest BCUT2D eigenvalue weighted by molar-refractivity contribution is -0.117. The summed E-state index contributed by atoms with van der Waals surface area (Å²) in [5, 5.41) is 0. The van der Waals surface area contributed by atoms with Crippen LogP contribution in [0.15, 0.2) is 12.3 Å². The third-order valence-corrected chi connectivity index (χ3v) is 3.25. The van der Waals surface area contributed by atoms with Crippen LogP contribution in [0, 0.1) is 6.92 Å².